The van der Waals surface area contributed by atoms with E-state index in [1.807, 2.05) is 13.8 Å². The average Bonchev–Trinajstić information content (AvgIpc) is 1.88. The lowest BCUT2D eigenvalue weighted by atomic mass is 10.1. The molecule has 0 spiro atoms. The van der Waals surface area contributed by atoms with Crippen LogP contribution in [-0.2, 0) is 0 Å². The molecule has 0 N–H and O–H groups in total. The van der Waals surface area contributed by atoms with E-state index in [1.54, 1.807) is 0 Å². The lowest BCUT2D eigenvalue weighted by Crippen LogP contribution is -1.98. The highest BCUT2D eigenvalue weighted by atomic mass is 19.1. The van der Waals surface area contributed by atoms with E-state index < -0.39 is 0 Å². The Morgan fingerprint density at radius 3 is 2.60 bits per heavy atom. The van der Waals surface area contributed by atoms with Gasteiger partial charge in [0.2, 0.25) is 0 Å². The van der Waals surface area contributed by atoms with Crippen LogP contribution in [0.4, 0.5) is 4.39 Å². The number of halogens is 1. The molecule has 1 aromatic heterocycles. The number of aromatic nitrogens is 2. The minimum Gasteiger partial charge on any atom is -0.205 e. The molecule has 0 radical (unpaired) electrons. The van der Waals surface area contributed by atoms with Gasteiger partial charge in [-0.2, -0.15) is 10.2 Å². The maximum absolute atomic E-state index is 12.7. The van der Waals surface area contributed by atoms with Crippen molar-refractivity contribution in [3.8, 4) is 0 Å². The molecule has 1 rings (SSSR count). The van der Waals surface area contributed by atoms with Gasteiger partial charge >= 0.3 is 0 Å². The second-order valence-corrected chi connectivity index (χ2v) is 2.42. The fourth-order valence-corrected chi connectivity index (χ4v) is 0.719. The van der Waals surface area contributed by atoms with Crippen molar-refractivity contribution < 1.29 is 4.39 Å². The summed E-state index contributed by atoms with van der Waals surface area (Å²) in [5.41, 5.74) is 0.433. The maximum Gasteiger partial charge on any atom is 0.148 e. The third-order valence-corrected chi connectivity index (χ3v) is 1.24. The maximum atomic E-state index is 12.7. The largest absolute Gasteiger partial charge is 0.205 e. The molecule has 0 amide bonds. The van der Waals surface area contributed by atoms with Crippen LogP contribution >= 0.6 is 0 Å². The zero-order chi connectivity index (χ0) is 7.56. The molecule has 1 heterocycles. The van der Waals surface area contributed by atoms with Gasteiger partial charge in [0.15, 0.2) is 0 Å². The quantitative estimate of drug-likeness (QED) is 0.593. The number of nitrogens with zero attached hydrogens (tertiary/aromatic N) is 2. The number of hydrogen-bond donors (Lipinski definition) is 0. The van der Waals surface area contributed by atoms with E-state index in [1.165, 1.54) is 12.3 Å². The van der Waals surface area contributed by atoms with Crippen molar-refractivity contribution in [1.29, 1.82) is 0 Å². The Bertz CT molecular complexity index is 223. The summed E-state index contributed by atoms with van der Waals surface area (Å²) in [4.78, 5) is 0. The van der Waals surface area contributed by atoms with Gasteiger partial charge < -0.3 is 0 Å². The Morgan fingerprint density at radius 1 is 1.50 bits per heavy atom. The molecular formula is C7H9FN2. The third kappa shape index (κ3) is 1.29. The molecule has 0 aliphatic heterocycles. The summed E-state index contributed by atoms with van der Waals surface area (Å²) in [7, 11) is 0. The molecule has 3 heteroatoms. The molecule has 10 heavy (non-hydrogen) atoms. The molecule has 0 aliphatic carbocycles. The SMILES string of the molecule is CC(C)c1nnccc1F. The Hall–Kier alpha value is -0.990. The fourth-order valence-electron chi connectivity index (χ4n) is 0.719. The predicted octanol–water partition coefficient (Wildman–Crippen LogP) is 1.74. The van der Waals surface area contributed by atoms with Crippen molar-refractivity contribution in [2.45, 2.75) is 19.8 Å². The van der Waals surface area contributed by atoms with Crippen LogP contribution in [0.2, 0.25) is 0 Å². The highest BCUT2D eigenvalue weighted by Gasteiger charge is 2.06. The predicted molar refractivity (Wildman–Crippen MR) is 36.1 cm³/mol. The van der Waals surface area contributed by atoms with Crippen LogP contribution in [0.1, 0.15) is 25.5 Å². The molecule has 1 aromatic rings. The third-order valence-electron chi connectivity index (χ3n) is 1.24. The molecule has 54 valence electrons. The molecule has 0 saturated heterocycles. The van der Waals surface area contributed by atoms with E-state index >= 15 is 0 Å². The standard InChI is InChI=1S/C7H9FN2/c1-5(2)7-6(8)3-4-9-10-7/h3-5H,1-2H3. The summed E-state index contributed by atoms with van der Waals surface area (Å²) in [5, 5.41) is 7.23. The highest BCUT2D eigenvalue weighted by molar-refractivity contribution is 5.06. The summed E-state index contributed by atoms with van der Waals surface area (Å²) < 4.78 is 12.7. The fraction of sp³-hybridized carbons (Fsp3) is 0.429. The Morgan fingerprint density at radius 2 is 2.20 bits per heavy atom. The van der Waals surface area contributed by atoms with Gasteiger partial charge in [0.25, 0.3) is 0 Å². The summed E-state index contributed by atoms with van der Waals surface area (Å²) >= 11 is 0. The van der Waals surface area contributed by atoms with E-state index in [9.17, 15) is 4.39 Å². The zero-order valence-electron chi connectivity index (χ0n) is 6.00. The highest BCUT2D eigenvalue weighted by Crippen LogP contribution is 2.12. The molecule has 0 bridgehead atoms. The number of rotatable bonds is 1. The smallest absolute Gasteiger partial charge is 0.148 e. The van der Waals surface area contributed by atoms with Crippen LogP contribution < -0.4 is 0 Å². The topological polar surface area (TPSA) is 25.8 Å². The molecule has 2 nitrogen and oxygen atoms in total. The van der Waals surface area contributed by atoms with Crippen molar-refractivity contribution in [3.63, 3.8) is 0 Å². The zero-order valence-corrected chi connectivity index (χ0v) is 6.00. The van der Waals surface area contributed by atoms with Crippen molar-refractivity contribution >= 4 is 0 Å². The first kappa shape index (κ1) is 7.12. The van der Waals surface area contributed by atoms with Gasteiger partial charge in [0, 0.05) is 5.92 Å². The molecule has 0 aromatic carbocycles. The van der Waals surface area contributed by atoms with Crippen LogP contribution in [0.5, 0.6) is 0 Å². The second-order valence-electron chi connectivity index (χ2n) is 2.42. The first-order valence-corrected chi connectivity index (χ1v) is 3.19. The molecule has 0 unspecified atom stereocenters. The lowest BCUT2D eigenvalue weighted by Gasteiger charge is -2.01. The first-order chi connectivity index (χ1) is 4.72. The van der Waals surface area contributed by atoms with E-state index in [4.69, 9.17) is 0 Å². The second kappa shape index (κ2) is 2.73. The summed E-state index contributed by atoms with van der Waals surface area (Å²) in [6.45, 7) is 3.76. The molecule has 0 fully saturated rings. The Kier molecular flexibility index (Phi) is 1.94. The monoisotopic (exact) mass is 140 g/mol. The minimum absolute atomic E-state index is 0.105. The van der Waals surface area contributed by atoms with E-state index in [0.29, 0.717) is 5.69 Å². The van der Waals surface area contributed by atoms with Gasteiger partial charge in [0.1, 0.15) is 11.5 Å². The molecule has 0 atom stereocenters. The van der Waals surface area contributed by atoms with Crippen LogP contribution in [0.15, 0.2) is 12.3 Å². The van der Waals surface area contributed by atoms with E-state index in [2.05, 4.69) is 10.2 Å². The number of hydrogen-bond acceptors (Lipinski definition) is 2. The van der Waals surface area contributed by atoms with Gasteiger partial charge in [-0.15, -0.1) is 0 Å². The van der Waals surface area contributed by atoms with Crippen molar-refractivity contribution in [3.05, 3.63) is 23.8 Å². The van der Waals surface area contributed by atoms with Gasteiger partial charge in [-0.25, -0.2) is 4.39 Å². The van der Waals surface area contributed by atoms with Crippen molar-refractivity contribution in [2.24, 2.45) is 0 Å². The average molecular weight is 140 g/mol. The molecule has 0 aliphatic rings. The van der Waals surface area contributed by atoms with Gasteiger partial charge in [0.05, 0.1) is 6.20 Å². The first-order valence-electron chi connectivity index (χ1n) is 3.19. The molecule has 0 saturated carbocycles. The Labute approximate surface area is 59.1 Å². The van der Waals surface area contributed by atoms with Gasteiger partial charge in [-0.05, 0) is 6.07 Å². The molecular weight excluding hydrogens is 131 g/mol. The van der Waals surface area contributed by atoms with E-state index in [0.717, 1.165) is 0 Å². The summed E-state index contributed by atoms with van der Waals surface area (Å²) in [6, 6.07) is 1.32. The Balaban J connectivity index is 3.03. The van der Waals surface area contributed by atoms with Gasteiger partial charge in [-0.1, -0.05) is 13.8 Å². The van der Waals surface area contributed by atoms with Gasteiger partial charge in [-0.3, -0.25) is 0 Å². The van der Waals surface area contributed by atoms with Crippen molar-refractivity contribution in [1.82, 2.24) is 10.2 Å². The van der Waals surface area contributed by atoms with E-state index in [-0.39, 0.29) is 11.7 Å². The summed E-state index contributed by atoms with van der Waals surface area (Å²) in [6.07, 6.45) is 1.35. The van der Waals surface area contributed by atoms with Crippen molar-refractivity contribution in [2.75, 3.05) is 0 Å². The minimum atomic E-state index is -0.273. The van der Waals surface area contributed by atoms with Crippen LogP contribution in [0.25, 0.3) is 0 Å². The van der Waals surface area contributed by atoms with Crippen LogP contribution in [0.3, 0.4) is 0 Å². The summed E-state index contributed by atoms with van der Waals surface area (Å²) in [5.74, 6) is -0.168. The van der Waals surface area contributed by atoms with Crippen LogP contribution in [0, 0.1) is 5.82 Å². The lowest BCUT2D eigenvalue weighted by molar-refractivity contribution is 0.574. The normalized spacial score (nSPS) is 10.4. The van der Waals surface area contributed by atoms with Crippen LogP contribution in [-0.4, -0.2) is 10.2 Å².